The zero-order chi connectivity index (χ0) is 7.44. The molecule has 0 heterocycles. The van der Waals surface area contributed by atoms with Gasteiger partial charge in [0.1, 0.15) is 0 Å². The van der Waals surface area contributed by atoms with E-state index in [4.69, 9.17) is 11.6 Å². The molecule has 0 N–H and O–H groups in total. The van der Waals surface area contributed by atoms with E-state index in [1.807, 2.05) is 13.8 Å². The summed E-state index contributed by atoms with van der Waals surface area (Å²) in [5, 5.41) is 0.0880. The Bertz CT molecular complexity index is 140. The lowest BCUT2D eigenvalue weighted by atomic mass is 10.4. The van der Waals surface area contributed by atoms with Gasteiger partial charge in [0.25, 0.3) is 0 Å². The van der Waals surface area contributed by atoms with Crippen LogP contribution in [0, 0.1) is 0 Å². The number of nitrogens with zero attached hydrogens (tertiary/aromatic N) is 1. The van der Waals surface area contributed by atoms with E-state index in [1.54, 1.807) is 0 Å². The zero-order valence-corrected chi connectivity index (χ0v) is 6.57. The van der Waals surface area contributed by atoms with E-state index < -0.39 is 0 Å². The highest BCUT2D eigenvalue weighted by Crippen LogP contribution is 1.93. The van der Waals surface area contributed by atoms with Gasteiger partial charge in [-0.15, -0.1) is 0 Å². The quantitative estimate of drug-likeness (QED) is 0.546. The number of halogens is 1. The van der Waals surface area contributed by atoms with Crippen LogP contribution < -0.4 is 0 Å². The summed E-state index contributed by atoms with van der Waals surface area (Å²) in [6, 6.07) is 0.0985. The molecule has 0 rings (SSSR count). The summed E-state index contributed by atoms with van der Waals surface area (Å²) in [5.41, 5.74) is 0. The third kappa shape index (κ3) is 4.15. The van der Waals surface area contributed by atoms with Gasteiger partial charge in [0, 0.05) is 13.0 Å². The summed E-state index contributed by atoms with van der Waals surface area (Å²) in [7, 11) is 0. The first-order valence-corrected chi connectivity index (χ1v) is 3.16. The number of rotatable bonds is 2. The topological polar surface area (TPSA) is 29.4 Å². The lowest BCUT2D eigenvalue weighted by Gasteiger charge is -1.94. The number of carbonyl (C=O) groups is 1. The fourth-order valence-electron chi connectivity index (χ4n) is 0.318. The van der Waals surface area contributed by atoms with Crippen LogP contribution in [0.15, 0.2) is 4.99 Å². The van der Waals surface area contributed by atoms with Gasteiger partial charge in [-0.1, -0.05) is 11.6 Å². The van der Waals surface area contributed by atoms with Gasteiger partial charge < -0.3 is 0 Å². The first-order chi connectivity index (χ1) is 4.04. The predicted molar refractivity (Wildman–Crippen MR) is 39.1 cm³/mol. The van der Waals surface area contributed by atoms with Crippen molar-refractivity contribution in [3.05, 3.63) is 0 Å². The van der Waals surface area contributed by atoms with Crippen LogP contribution in [0.4, 0.5) is 0 Å². The third-order valence-corrected chi connectivity index (χ3v) is 1.03. The summed E-state index contributed by atoms with van der Waals surface area (Å²) in [5.74, 6) is -0.176. The van der Waals surface area contributed by atoms with Gasteiger partial charge >= 0.3 is 0 Å². The highest BCUT2D eigenvalue weighted by molar-refractivity contribution is 6.82. The van der Waals surface area contributed by atoms with Crippen molar-refractivity contribution in [1.82, 2.24) is 0 Å². The second kappa shape index (κ2) is 3.62. The van der Waals surface area contributed by atoms with Crippen LogP contribution in [0.25, 0.3) is 0 Å². The Morgan fingerprint density at radius 2 is 2.00 bits per heavy atom. The molecule has 0 amide bonds. The van der Waals surface area contributed by atoms with Crippen LogP contribution in [0.3, 0.4) is 0 Å². The normalized spacial score (nSPS) is 12.3. The van der Waals surface area contributed by atoms with E-state index >= 15 is 0 Å². The summed E-state index contributed by atoms with van der Waals surface area (Å²) in [4.78, 5) is 14.2. The maximum absolute atomic E-state index is 10.4. The molecule has 0 aliphatic rings. The molecule has 0 saturated carbocycles. The molecule has 3 heteroatoms. The van der Waals surface area contributed by atoms with Gasteiger partial charge in [-0.2, -0.15) is 0 Å². The van der Waals surface area contributed by atoms with Crippen LogP contribution in [0.1, 0.15) is 20.8 Å². The SMILES string of the molecule is CC(=O)C(Cl)=NC(C)C. The molecular weight excluding hydrogens is 138 g/mol. The Balaban J connectivity index is 4.00. The number of aliphatic imine (C=N–C) groups is 1. The van der Waals surface area contributed by atoms with E-state index in [1.165, 1.54) is 6.92 Å². The largest absolute Gasteiger partial charge is 0.292 e. The van der Waals surface area contributed by atoms with E-state index in [0.717, 1.165) is 0 Å². The van der Waals surface area contributed by atoms with Crippen molar-refractivity contribution < 1.29 is 4.79 Å². The van der Waals surface area contributed by atoms with Gasteiger partial charge in [0.15, 0.2) is 11.0 Å². The van der Waals surface area contributed by atoms with E-state index in [-0.39, 0.29) is 17.0 Å². The molecule has 0 aliphatic heterocycles. The molecular formula is C6H10ClNO. The molecule has 0 aromatic carbocycles. The summed E-state index contributed by atoms with van der Waals surface area (Å²) in [6.07, 6.45) is 0. The molecule has 9 heavy (non-hydrogen) atoms. The van der Waals surface area contributed by atoms with Crippen LogP contribution >= 0.6 is 11.6 Å². The average molecular weight is 148 g/mol. The Morgan fingerprint density at radius 1 is 1.56 bits per heavy atom. The van der Waals surface area contributed by atoms with Crippen LogP contribution in [0.5, 0.6) is 0 Å². The molecule has 2 nitrogen and oxygen atoms in total. The molecule has 0 saturated heterocycles. The smallest absolute Gasteiger partial charge is 0.189 e. The minimum atomic E-state index is -0.176. The predicted octanol–water partition coefficient (Wildman–Crippen LogP) is 1.62. The Kier molecular flexibility index (Phi) is 3.47. The molecule has 0 aromatic heterocycles. The third-order valence-electron chi connectivity index (χ3n) is 0.662. The highest BCUT2D eigenvalue weighted by Gasteiger charge is 2.00. The van der Waals surface area contributed by atoms with Crippen molar-refractivity contribution in [1.29, 1.82) is 0 Å². The Morgan fingerprint density at radius 3 is 2.11 bits per heavy atom. The van der Waals surface area contributed by atoms with Gasteiger partial charge in [-0.05, 0) is 13.8 Å². The molecule has 0 aromatic rings. The first kappa shape index (κ1) is 8.63. The molecule has 0 bridgehead atoms. The van der Waals surface area contributed by atoms with E-state index in [9.17, 15) is 4.79 Å². The Labute approximate surface area is 59.9 Å². The fraction of sp³-hybridized carbons (Fsp3) is 0.667. The molecule has 0 spiro atoms. The monoisotopic (exact) mass is 147 g/mol. The summed E-state index contributed by atoms with van der Waals surface area (Å²) >= 11 is 5.41. The molecule has 0 fully saturated rings. The van der Waals surface area contributed by atoms with Crippen molar-refractivity contribution in [3.63, 3.8) is 0 Å². The van der Waals surface area contributed by atoms with E-state index in [2.05, 4.69) is 4.99 Å². The molecule has 0 atom stereocenters. The maximum Gasteiger partial charge on any atom is 0.189 e. The van der Waals surface area contributed by atoms with Crippen LogP contribution in [0.2, 0.25) is 0 Å². The average Bonchev–Trinajstić information content (AvgIpc) is 1.63. The van der Waals surface area contributed by atoms with E-state index in [0.29, 0.717) is 0 Å². The van der Waals surface area contributed by atoms with Crippen molar-refractivity contribution in [2.75, 3.05) is 0 Å². The second-order valence-corrected chi connectivity index (χ2v) is 2.43. The molecule has 0 aliphatic carbocycles. The number of carbonyl (C=O) groups excluding carboxylic acids is 1. The Hall–Kier alpha value is -0.370. The van der Waals surface area contributed by atoms with Crippen LogP contribution in [-0.4, -0.2) is 17.0 Å². The standard InChI is InChI=1S/C6H10ClNO/c1-4(2)8-6(7)5(3)9/h4H,1-3H3. The fourth-order valence-corrected chi connectivity index (χ4v) is 0.513. The highest BCUT2D eigenvalue weighted by atomic mass is 35.5. The number of hydrogen-bond acceptors (Lipinski definition) is 2. The lowest BCUT2D eigenvalue weighted by Crippen LogP contribution is -2.04. The number of Topliss-reactive ketones (excluding diaryl/α,β-unsaturated/α-hetero) is 1. The van der Waals surface area contributed by atoms with Crippen molar-refractivity contribution in [2.45, 2.75) is 26.8 Å². The minimum Gasteiger partial charge on any atom is -0.292 e. The summed E-state index contributed by atoms with van der Waals surface area (Å²) in [6.45, 7) is 5.13. The van der Waals surface area contributed by atoms with Crippen molar-refractivity contribution in [2.24, 2.45) is 4.99 Å². The van der Waals surface area contributed by atoms with Gasteiger partial charge in [-0.3, -0.25) is 9.79 Å². The van der Waals surface area contributed by atoms with Gasteiger partial charge in [0.05, 0.1) is 0 Å². The molecule has 52 valence electrons. The maximum atomic E-state index is 10.4. The molecule has 0 unspecified atom stereocenters. The zero-order valence-electron chi connectivity index (χ0n) is 5.81. The number of ketones is 1. The first-order valence-electron chi connectivity index (χ1n) is 2.78. The lowest BCUT2D eigenvalue weighted by molar-refractivity contribution is -0.110. The molecule has 0 radical (unpaired) electrons. The number of hydrogen-bond donors (Lipinski definition) is 0. The van der Waals surface area contributed by atoms with Crippen LogP contribution in [-0.2, 0) is 4.79 Å². The van der Waals surface area contributed by atoms with Gasteiger partial charge in [-0.25, -0.2) is 0 Å². The second-order valence-electron chi connectivity index (χ2n) is 2.07. The summed E-state index contributed by atoms with van der Waals surface area (Å²) < 4.78 is 0. The van der Waals surface area contributed by atoms with Crippen molar-refractivity contribution in [3.8, 4) is 0 Å². The van der Waals surface area contributed by atoms with Gasteiger partial charge in [0.2, 0.25) is 0 Å². The minimum absolute atomic E-state index is 0.0880. The van der Waals surface area contributed by atoms with Crippen molar-refractivity contribution >= 4 is 22.6 Å².